The summed E-state index contributed by atoms with van der Waals surface area (Å²) in [7, 11) is 0. The summed E-state index contributed by atoms with van der Waals surface area (Å²) in [4.78, 5) is 21.1. The molecule has 4 heteroatoms. The van der Waals surface area contributed by atoms with Gasteiger partial charge in [-0.05, 0) is 12.0 Å². The second-order valence-electron chi connectivity index (χ2n) is 2.97. The average Bonchev–Trinajstić information content (AvgIpc) is 2.18. The molecular formula is C10H11NO3. The number of carboxylic acid groups (broad SMARTS) is 1. The second kappa shape index (κ2) is 4.53. The van der Waals surface area contributed by atoms with Crippen LogP contribution in [-0.4, -0.2) is 23.4 Å². The SMILES string of the molecule is N[C@@H](Cc1ccccc1C=O)C(=O)O. The fraction of sp³-hybridized carbons (Fsp3) is 0.200. The van der Waals surface area contributed by atoms with Crippen LogP contribution in [0.4, 0.5) is 0 Å². The lowest BCUT2D eigenvalue weighted by Crippen LogP contribution is -2.32. The lowest BCUT2D eigenvalue weighted by molar-refractivity contribution is -0.138. The number of aliphatic carboxylic acids is 1. The van der Waals surface area contributed by atoms with Crippen molar-refractivity contribution in [3.8, 4) is 0 Å². The lowest BCUT2D eigenvalue weighted by atomic mass is 10.0. The highest BCUT2D eigenvalue weighted by molar-refractivity contribution is 5.78. The minimum atomic E-state index is -1.06. The van der Waals surface area contributed by atoms with Gasteiger partial charge in [-0.25, -0.2) is 0 Å². The second-order valence-corrected chi connectivity index (χ2v) is 2.97. The lowest BCUT2D eigenvalue weighted by Gasteiger charge is -2.07. The van der Waals surface area contributed by atoms with Crippen molar-refractivity contribution < 1.29 is 14.7 Å². The number of hydrogen-bond donors (Lipinski definition) is 2. The molecule has 1 aromatic rings. The maximum absolute atomic E-state index is 10.6. The Bertz CT molecular complexity index is 349. The molecule has 0 aromatic heterocycles. The molecular weight excluding hydrogens is 182 g/mol. The molecule has 3 N–H and O–H groups in total. The molecule has 0 bridgehead atoms. The molecule has 74 valence electrons. The number of carboxylic acids is 1. The van der Waals surface area contributed by atoms with Crippen LogP contribution in [0, 0.1) is 0 Å². The Kier molecular flexibility index (Phi) is 3.36. The highest BCUT2D eigenvalue weighted by atomic mass is 16.4. The zero-order valence-electron chi connectivity index (χ0n) is 7.51. The van der Waals surface area contributed by atoms with E-state index in [2.05, 4.69) is 0 Å². The smallest absolute Gasteiger partial charge is 0.320 e. The van der Waals surface area contributed by atoms with Gasteiger partial charge in [0.1, 0.15) is 12.3 Å². The molecule has 14 heavy (non-hydrogen) atoms. The molecule has 1 atom stereocenters. The topological polar surface area (TPSA) is 80.4 Å². The van der Waals surface area contributed by atoms with Crippen molar-refractivity contribution in [3.63, 3.8) is 0 Å². The van der Waals surface area contributed by atoms with Crippen LogP contribution in [0.15, 0.2) is 24.3 Å². The van der Waals surface area contributed by atoms with Gasteiger partial charge in [0, 0.05) is 5.56 Å². The van der Waals surface area contributed by atoms with Gasteiger partial charge in [-0.1, -0.05) is 24.3 Å². The first-order valence-corrected chi connectivity index (χ1v) is 4.16. The standard InChI is InChI=1S/C10H11NO3/c11-9(10(13)14)5-7-3-1-2-4-8(7)6-12/h1-4,6,9H,5,11H2,(H,13,14)/t9-/m0/s1. The Hall–Kier alpha value is -1.68. The zero-order chi connectivity index (χ0) is 10.6. The minimum absolute atomic E-state index is 0.171. The maximum Gasteiger partial charge on any atom is 0.320 e. The van der Waals surface area contributed by atoms with E-state index in [9.17, 15) is 9.59 Å². The van der Waals surface area contributed by atoms with E-state index in [1.54, 1.807) is 24.3 Å². The van der Waals surface area contributed by atoms with Gasteiger partial charge in [0.2, 0.25) is 0 Å². The molecule has 1 aromatic carbocycles. The van der Waals surface area contributed by atoms with Gasteiger partial charge in [0.25, 0.3) is 0 Å². The summed E-state index contributed by atoms with van der Waals surface area (Å²) in [5, 5.41) is 8.59. The van der Waals surface area contributed by atoms with Crippen molar-refractivity contribution in [2.45, 2.75) is 12.5 Å². The van der Waals surface area contributed by atoms with Crippen LogP contribution in [-0.2, 0) is 11.2 Å². The van der Waals surface area contributed by atoms with Gasteiger partial charge < -0.3 is 10.8 Å². The molecule has 0 radical (unpaired) electrons. The normalized spacial score (nSPS) is 12.1. The van der Waals surface area contributed by atoms with Crippen LogP contribution in [0.5, 0.6) is 0 Å². The Morgan fingerprint density at radius 2 is 2.14 bits per heavy atom. The fourth-order valence-corrected chi connectivity index (χ4v) is 1.16. The molecule has 0 unspecified atom stereocenters. The summed E-state index contributed by atoms with van der Waals surface area (Å²) in [5.41, 5.74) is 6.51. The van der Waals surface area contributed by atoms with Crippen molar-refractivity contribution in [2.75, 3.05) is 0 Å². The molecule has 0 spiro atoms. The van der Waals surface area contributed by atoms with E-state index < -0.39 is 12.0 Å². The van der Waals surface area contributed by atoms with Crippen LogP contribution in [0.2, 0.25) is 0 Å². The molecule has 0 aliphatic carbocycles. The first kappa shape index (κ1) is 10.4. The number of aldehydes is 1. The monoisotopic (exact) mass is 193 g/mol. The predicted octanol–water partition coefficient (Wildman–Crippen LogP) is 0.453. The predicted molar refractivity (Wildman–Crippen MR) is 51.1 cm³/mol. The first-order chi connectivity index (χ1) is 6.65. The summed E-state index contributed by atoms with van der Waals surface area (Å²) in [5.74, 6) is -1.06. The van der Waals surface area contributed by atoms with E-state index in [-0.39, 0.29) is 6.42 Å². The van der Waals surface area contributed by atoms with Crippen molar-refractivity contribution in [1.29, 1.82) is 0 Å². The van der Waals surface area contributed by atoms with Gasteiger partial charge in [-0.3, -0.25) is 9.59 Å². The fourth-order valence-electron chi connectivity index (χ4n) is 1.16. The summed E-state index contributed by atoms with van der Waals surface area (Å²) in [6.45, 7) is 0. The van der Waals surface area contributed by atoms with E-state index in [0.29, 0.717) is 17.4 Å². The van der Waals surface area contributed by atoms with E-state index in [1.165, 1.54) is 0 Å². The number of rotatable bonds is 4. The van der Waals surface area contributed by atoms with Gasteiger partial charge in [-0.15, -0.1) is 0 Å². The largest absolute Gasteiger partial charge is 0.480 e. The Balaban J connectivity index is 2.85. The number of hydrogen-bond acceptors (Lipinski definition) is 3. The van der Waals surface area contributed by atoms with Crippen molar-refractivity contribution in [3.05, 3.63) is 35.4 Å². The highest BCUT2D eigenvalue weighted by Gasteiger charge is 2.13. The summed E-state index contributed by atoms with van der Waals surface area (Å²) in [6, 6.07) is 5.84. The summed E-state index contributed by atoms with van der Waals surface area (Å²) >= 11 is 0. The molecule has 0 saturated carbocycles. The molecule has 1 rings (SSSR count). The highest BCUT2D eigenvalue weighted by Crippen LogP contribution is 2.08. The third-order valence-electron chi connectivity index (χ3n) is 1.94. The molecule has 0 saturated heterocycles. The summed E-state index contributed by atoms with van der Waals surface area (Å²) in [6.07, 6.45) is 0.869. The van der Waals surface area contributed by atoms with E-state index in [4.69, 9.17) is 10.8 Å². The number of nitrogens with two attached hydrogens (primary N) is 1. The minimum Gasteiger partial charge on any atom is -0.480 e. The van der Waals surface area contributed by atoms with Crippen LogP contribution in [0.25, 0.3) is 0 Å². The van der Waals surface area contributed by atoms with Crippen molar-refractivity contribution in [2.24, 2.45) is 5.73 Å². The van der Waals surface area contributed by atoms with E-state index in [1.807, 2.05) is 0 Å². The van der Waals surface area contributed by atoms with Crippen LogP contribution in [0.3, 0.4) is 0 Å². The van der Waals surface area contributed by atoms with Crippen LogP contribution < -0.4 is 5.73 Å². The quantitative estimate of drug-likeness (QED) is 0.680. The zero-order valence-corrected chi connectivity index (χ0v) is 7.51. The first-order valence-electron chi connectivity index (χ1n) is 4.16. The third-order valence-corrected chi connectivity index (χ3v) is 1.94. The molecule has 0 fully saturated rings. The van der Waals surface area contributed by atoms with Crippen LogP contribution in [0.1, 0.15) is 15.9 Å². The van der Waals surface area contributed by atoms with Gasteiger partial charge in [0.15, 0.2) is 0 Å². The van der Waals surface area contributed by atoms with Crippen molar-refractivity contribution in [1.82, 2.24) is 0 Å². The van der Waals surface area contributed by atoms with Crippen LogP contribution >= 0.6 is 0 Å². The molecule has 4 nitrogen and oxygen atoms in total. The third kappa shape index (κ3) is 2.40. The molecule has 0 aliphatic heterocycles. The molecule has 0 heterocycles. The number of carbonyl (C=O) groups excluding carboxylic acids is 1. The number of benzene rings is 1. The summed E-state index contributed by atoms with van der Waals surface area (Å²) < 4.78 is 0. The Morgan fingerprint density at radius 1 is 1.50 bits per heavy atom. The van der Waals surface area contributed by atoms with Gasteiger partial charge in [0.05, 0.1) is 0 Å². The van der Waals surface area contributed by atoms with Gasteiger partial charge >= 0.3 is 5.97 Å². The maximum atomic E-state index is 10.6. The molecule has 0 amide bonds. The Labute approximate surface area is 81.3 Å². The number of carbonyl (C=O) groups is 2. The molecule has 0 aliphatic rings. The van der Waals surface area contributed by atoms with Gasteiger partial charge in [-0.2, -0.15) is 0 Å². The average molecular weight is 193 g/mol. The Morgan fingerprint density at radius 3 is 2.71 bits per heavy atom. The van der Waals surface area contributed by atoms with E-state index >= 15 is 0 Å². The van der Waals surface area contributed by atoms with Crippen molar-refractivity contribution >= 4 is 12.3 Å². The van der Waals surface area contributed by atoms with E-state index in [0.717, 1.165) is 0 Å².